The van der Waals surface area contributed by atoms with Crippen molar-refractivity contribution >= 4 is 14.1 Å². The SMILES string of the molecule is CCCCCC#CCC1C(=O)CC(O[Si](C)(C)C(C)(C)C)C1CCCC. The Hall–Kier alpha value is -0.593. The van der Waals surface area contributed by atoms with E-state index in [1.165, 1.54) is 32.1 Å². The van der Waals surface area contributed by atoms with E-state index in [0.717, 1.165) is 19.3 Å². The Morgan fingerprint density at radius 3 is 2.31 bits per heavy atom. The quantitative estimate of drug-likeness (QED) is 0.252. The van der Waals surface area contributed by atoms with E-state index in [9.17, 15) is 4.79 Å². The molecule has 0 aromatic rings. The predicted molar refractivity (Wildman–Crippen MR) is 115 cm³/mol. The van der Waals surface area contributed by atoms with Crippen LogP contribution in [0.4, 0.5) is 0 Å². The van der Waals surface area contributed by atoms with E-state index < -0.39 is 8.32 Å². The second kappa shape index (κ2) is 10.7. The molecule has 1 aliphatic rings. The Labute approximate surface area is 164 Å². The maximum absolute atomic E-state index is 12.7. The van der Waals surface area contributed by atoms with Crippen LogP contribution in [0.25, 0.3) is 0 Å². The summed E-state index contributed by atoms with van der Waals surface area (Å²) in [6.45, 7) is 15.9. The molecule has 3 heteroatoms. The summed E-state index contributed by atoms with van der Waals surface area (Å²) in [4.78, 5) is 12.7. The van der Waals surface area contributed by atoms with Crippen molar-refractivity contribution < 1.29 is 9.22 Å². The smallest absolute Gasteiger partial charge is 0.192 e. The van der Waals surface area contributed by atoms with Crippen molar-refractivity contribution in [2.45, 2.75) is 117 Å². The van der Waals surface area contributed by atoms with Gasteiger partial charge in [0.15, 0.2) is 8.32 Å². The molecule has 0 bridgehead atoms. The number of Topliss-reactive ketones (excluding diaryl/α,β-unsaturated/α-hetero) is 1. The third-order valence-electron chi connectivity index (χ3n) is 6.31. The van der Waals surface area contributed by atoms with Gasteiger partial charge < -0.3 is 4.43 Å². The highest BCUT2D eigenvalue weighted by Crippen LogP contribution is 2.43. The number of carbonyl (C=O) groups excluding carboxylic acids is 1. The molecular formula is C23H42O2Si. The summed E-state index contributed by atoms with van der Waals surface area (Å²) in [5, 5.41) is 0.183. The van der Waals surface area contributed by atoms with Crippen molar-refractivity contribution in [2.75, 3.05) is 0 Å². The monoisotopic (exact) mass is 378 g/mol. The average molecular weight is 379 g/mol. The zero-order chi connectivity index (χ0) is 19.8. The molecule has 0 spiro atoms. The first-order chi connectivity index (χ1) is 12.1. The van der Waals surface area contributed by atoms with Crippen LogP contribution in [0.3, 0.4) is 0 Å². The summed E-state index contributed by atoms with van der Waals surface area (Å²) in [5.74, 6) is 7.46. The lowest BCUT2D eigenvalue weighted by molar-refractivity contribution is -0.121. The highest BCUT2D eigenvalue weighted by Gasteiger charge is 2.47. The fraction of sp³-hybridized carbons (Fsp3) is 0.870. The van der Waals surface area contributed by atoms with Crippen molar-refractivity contribution in [2.24, 2.45) is 11.8 Å². The van der Waals surface area contributed by atoms with Crippen LogP contribution in [0.1, 0.15) is 92.4 Å². The first-order valence-corrected chi connectivity index (χ1v) is 13.7. The van der Waals surface area contributed by atoms with Gasteiger partial charge in [-0.15, -0.1) is 11.8 Å². The molecule has 0 aromatic carbocycles. The van der Waals surface area contributed by atoms with Crippen LogP contribution < -0.4 is 0 Å². The fourth-order valence-corrected chi connectivity index (χ4v) is 4.88. The highest BCUT2D eigenvalue weighted by atomic mass is 28.4. The van der Waals surface area contributed by atoms with E-state index >= 15 is 0 Å². The van der Waals surface area contributed by atoms with Crippen LogP contribution in [-0.4, -0.2) is 20.2 Å². The first kappa shape index (κ1) is 23.4. The Balaban J connectivity index is 2.79. The molecule has 0 saturated heterocycles. The number of hydrogen-bond acceptors (Lipinski definition) is 2. The average Bonchev–Trinajstić information content (AvgIpc) is 2.82. The highest BCUT2D eigenvalue weighted by molar-refractivity contribution is 6.74. The van der Waals surface area contributed by atoms with Gasteiger partial charge in [-0.2, -0.15) is 0 Å². The van der Waals surface area contributed by atoms with Crippen LogP contribution >= 0.6 is 0 Å². The van der Waals surface area contributed by atoms with Gasteiger partial charge in [0.1, 0.15) is 5.78 Å². The van der Waals surface area contributed by atoms with Gasteiger partial charge in [0, 0.05) is 25.2 Å². The van der Waals surface area contributed by atoms with E-state index in [4.69, 9.17) is 4.43 Å². The molecule has 0 N–H and O–H groups in total. The third kappa shape index (κ3) is 6.85. The topological polar surface area (TPSA) is 26.3 Å². The van der Waals surface area contributed by atoms with Crippen molar-refractivity contribution in [1.29, 1.82) is 0 Å². The lowest BCUT2D eigenvalue weighted by Gasteiger charge is -2.40. The van der Waals surface area contributed by atoms with Crippen LogP contribution in [0.5, 0.6) is 0 Å². The molecule has 150 valence electrons. The van der Waals surface area contributed by atoms with Gasteiger partial charge in [0.05, 0.1) is 6.10 Å². The van der Waals surface area contributed by atoms with Crippen molar-refractivity contribution in [1.82, 2.24) is 0 Å². The number of carbonyl (C=O) groups is 1. The molecule has 0 radical (unpaired) electrons. The molecule has 3 atom stereocenters. The minimum Gasteiger partial charge on any atom is -0.413 e. The lowest BCUT2D eigenvalue weighted by atomic mass is 9.87. The summed E-state index contributed by atoms with van der Waals surface area (Å²) in [5.41, 5.74) is 0. The van der Waals surface area contributed by atoms with E-state index in [1.54, 1.807) is 0 Å². The number of unbranched alkanes of at least 4 members (excludes halogenated alkanes) is 4. The Morgan fingerprint density at radius 1 is 1.08 bits per heavy atom. The van der Waals surface area contributed by atoms with Gasteiger partial charge in [-0.1, -0.05) is 60.3 Å². The van der Waals surface area contributed by atoms with E-state index in [1.807, 2.05) is 0 Å². The van der Waals surface area contributed by atoms with E-state index in [2.05, 4.69) is 59.6 Å². The summed E-state index contributed by atoms with van der Waals surface area (Å²) in [6, 6.07) is 0. The normalized spacial score (nSPS) is 23.8. The van der Waals surface area contributed by atoms with Gasteiger partial charge in [-0.3, -0.25) is 4.79 Å². The minimum absolute atomic E-state index is 0.0926. The largest absolute Gasteiger partial charge is 0.413 e. The zero-order valence-corrected chi connectivity index (χ0v) is 19.4. The fourth-order valence-electron chi connectivity index (χ4n) is 3.51. The van der Waals surface area contributed by atoms with Gasteiger partial charge in [-0.05, 0) is 36.9 Å². The molecule has 3 unspecified atom stereocenters. The second-order valence-corrected chi connectivity index (χ2v) is 14.3. The Morgan fingerprint density at radius 2 is 1.73 bits per heavy atom. The molecule has 1 fully saturated rings. The Bertz CT molecular complexity index is 493. The maximum atomic E-state index is 12.7. The van der Waals surface area contributed by atoms with Crippen LogP contribution in [0.15, 0.2) is 0 Å². The van der Waals surface area contributed by atoms with Gasteiger partial charge >= 0.3 is 0 Å². The summed E-state index contributed by atoms with van der Waals surface area (Å²) in [7, 11) is -1.85. The number of hydrogen-bond donors (Lipinski definition) is 0. The molecule has 0 amide bonds. The first-order valence-electron chi connectivity index (χ1n) is 10.8. The second-order valence-electron chi connectivity index (χ2n) is 9.51. The van der Waals surface area contributed by atoms with Crippen molar-refractivity contribution in [3.8, 4) is 11.8 Å². The molecule has 0 aromatic heterocycles. The summed E-state index contributed by atoms with van der Waals surface area (Å²) >= 11 is 0. The molecule has 0 aliphatic heterocycles. The maximum Gasteiger partial charge on any atom is 0.192 e. The van der Waals surface area contributed by atoms with E-state index in [0.29, 0.717) is 18.1 Å². The zero-order valence-electron chi connectivity index (χ0n) is 18.4. The summed E-state index contributed by atoms with van der Waals surface area (Å²) in [6.07, 6.45) is 9.53. The lowest BCUT2D eigenvalue weighted by Crippen LogP contribution is -2.45. The Kier molecular flexibility index (Phi) is 9.62. The van der Waals surface area contributed by atoms with Crippen LogP contribution in [0, 0.1) is 23.7 Å². The van der Waals surface area contributed by atoms with E-state index in [-0.39, 0.29) is 17.1 Å². The molecule has 1 saturated carbocycles. The molecule has 1 rings (SSSR count). The molecule has 1 aliphatic carbocycles. The third-order valence-corrected chi connectivity index (χ3v) is 10.8. The summed E-state index contributed by atoms with van der Waals surface area (Å²) < 4.78 is 6.70. The standard InChI is InChI=1S/C23H42O2Si/c1-8-10-12-13-14-15-17-19-20(16-11-9-2)22(18-21(19)24)25-26(6,7)23(3,4)5/h19-20,22H,8-13,16-18H2,1-7H3. The molecule has 0 heterocycles. The van der Waals surface area contributed by atoms with Crippen molar-refractivity contribution in [3.63, 3.8) is 0 Å². The van der Waals surface area contributed by atoms with Gasteiger partial charge in [-0.25, -0.2) is 0 Å². The van der Waals surface area contributed by atoms with Crippen LogP contribution in [-0.2, 0) is 9.22 Å². The van der Waals surface area contributed by atoms with Gasteiger partial charge in [0.25, 0.3) is 0 Å². The molecular weight excluding hydrogens is 336 g/mol. The molecule has 26 heavy (non-hydrogen) atoms. The van der Waals surface area contributed by atoms with Crippen LogP contribution in [0.2, 0.25) is 18.1 Å². The number of rotatable bonds is 9. The van der Waals surface area contributed by atoms with Gasteiger partial charge in [0.2, 0.25) is 0 Å². The van der Waals surface area contributed by atoms with Crippen molar-refractivity contribution in [3.05, 3.63) is 0 Å². The molecule has 2 nitrogen and oxygen atoms in total. The predicted octanol–water partition coefficient (Wildman–Crippen LogP) is 6.75. The number of ketones is 1. The minimum atomic E-state index is -1.85.